The Morgan fingerprint density at radius 1 is 0.967 bits per heavy atom. The number of nitrogens with zero attached hydrogens (tertiary/aromatic N) is 2. The molecule has 3 aromatic carbocycles. The van der Waals surface area contributed by atoms with Gasteiger partial charge < -0.3 is 14.8 Å². The Labute approximate surface area is 175 Å². The van der Waals surface area contributed by atoms with Crippen molar-refractivity contribution in [2.45, 2.75) is 19.1 Å². The molecule has 0 radical (unpaired) electrons. The molecule has 1 aliphatic rings. The van der Waals surface area contributed by atoms with Crippen LogP contribution in [0.25, 0.3) is 11.0 Å². The number of nitrogens with one attached hydrogen (secondary N) is 1. The lowest BCUT2D eigenvalue weighted by molar-refractivity contribution is 0.283. The van der Waals surface area contributed by atoms with Gasteiger partial charge in [0.15, 0.2) is 11.5 Å². The second kappa shape index (κ2) is 8.13. The quantitative estimate of drug-likeness (QED) is 0.539. The molecule has 0 fully saturated rings. The second-order valence-electron chi connectivity index (χ2n) is 7.40. The molecule has 5 heteroatoms. The van der Waals surface area contributed by atoms with Gasteiger partial charge in [0.2, 0.25) is 0 Å². The Kier molecular flexibility index (Phi) is 5.03. The summed E-state index contributed by atoms with van der Waals surface area (Å²) in [6, 6.07) is 22.2. The fraction of sp³-hybridized carbons (Fsp3) is 0.200. The number of benzene rings is 3. The third-order valence-electron chi connectivity index (χ3n) is 5.48. The number of ether oxygens (including phenoxy) is 2. The minimum absolute atomic E-state index is 0.0316. The smallest absolute Gasteiger partial charge is 0.162 e. The Morgan fingerprint density at radius 2 is 1.77 bits per heavy atom. The molecule has 0 amide bonds. The summed E-state index contributed by atoms with van der Waals surface area (Å²) in [5.41, 5.74) is 6.24. The lowest BCUT2D eigenvalue weighted by Crippen LogP contribution is -2.31. The first-order valence-electron chi connectivity index (χ1n) is 10.1. The highest BCUT2D eigenvalue weighted by Crippen LogP contribution is 2.37. The van der Waals surface area contributed by atoms with Gasteiger partial charge in [0.05, 0.1) is 36.1 Å². The number of para-hydroxylation sites is 2. The van der Waals surface area contributed by atoms with Gasteiger partial charge in [-0.05, 0) is 47.4 Å². The van der Waals surface area contributed by atoms with E-state index in [0.29, 0.717) is 6.61 Å². The van der Waals surface area contributed by atoms with E-state index in [9.17, 15) is 0 Å². The Bertz CT molecular complexity index is 1180. The molecular weight excluding hydrogens is 374 g/mol. The summed E-state index contributed by atoms with van der Waals surface area (Å²) in [5.74, 6) is 1.50. The van der Waals surface area contributed by atoms with Gasteiger partial charge in [0, 0.05) is 6.54 Å². The molecular formula is C25H23N3O2. The molecule has 0 saturated carbocycles. The number of hydrogen-bond donors (Lipinski definition) is 1. The SMILES string of the molecule is COc1cc2c(cc1OCc1ccccc1)C(c1cnc3ccccc3n1)NCC2. The van der Waals surface area contributed by atoms with Gasteiger partial charge in [0.1, 0.15) is 6.61 Å². The normalized spacial score (nSPS) is 15.6. The molecule has 30 heavy (non-hydrogen) atoms. The van der Waals surface area contributed by atoms with E-state index in [1.54, 1.807) is 7.11 Å². The molecule has 1 aliphatic heterocycles. The van der Waals surface area contributed by atoms with Crippen LogP contribution in [0, 0.1) is 0 Å². The van der Waals surface area contributed by atoms with Crippen molar-refractivity contribution in [2.24, 2.45) is 0 Å². The molecule has 2 heterocycles. The minimum Gasteiger partial charge on any atom is -0.493 e. The molecule has 150 valence electrons. The monoisotopic (exact) mass is 397 g/mol. The molecule has 5 nitrogen and oxygen atoms in total. The third-order valence-corrected chi connectivity index (χ3v) is 5.48. The molecule has 1 aromatic heterocycles. The van der Waals surface area contributed by atoms with Crippen LogP contribution in [0.5, 0.6) is 11.5 Å². The Morgan fingerprint density at radius 3 is 2.60 bits per heavy atom. The zero-order valence-corrected chi connectivity index (χ0v) is 16.8. The van der Waals surface area contributed by atoms with Crippen molar-refractivity contribution in [1.82, 2.24) is 15.3 Å². The molecule has 0 spiro atoms. The zero-order chi connectivity index (χ0) is 20.3. The van der Waals surface area contributed by atoms with Crippen LogP contribution < -0.4 is 14.8 Å². The van der Waals surface area contributed by atoms with Crippen molar-refractivity contribution in [3.05, 3.63) is 95.3 Å². The van der Waals surface area contributed by atoms with E-state index >= 15 is 0 Å². The average molecular weight is 397 g/mol. The van der Waals surface area contributed by atoms with Crippen LogP contribution >= 0.6 is 0 Å². The molecule has 0 bridgehead atoms. The topological polar surface area (TPSA) is 56.3 Å². The van der Waals surface area contributed by atoms with Crippen LogP contribution in [0.15, 0.2) is 72.9 Å². The fourth-order valence-corrected chi connectivity index (χ4v) is 3.95. The summed E-state index contributed by atoms with van der Waals surface area (Å²) in [6.45, 7) is 1.36. The summed E-state index contributed by atoms with van der Waals surface area (Å²) in [5, 5.41) is 3.60. The van der Waals surface area contributed by atoms with E-state index in [1.165, 1.54) is 5.56 Å². The molecule has 0 saturated heterocycles. The van der Waals surface area contributed by atoms with Crippen molar-refractivity contribution in [2.75, 3.05) is 13.7 Å². The van der Waals surface area contributed by atoms with Crippen molar-refractivity contribution < 1.29 is 9.47 Å². The highest BCUT2D eigenvalue weighted by Gasteiger charge is 2.25. The molecule has 0 aliphatic carbocycles. The van der Waals surface area contributed by atoms with E-state index in [2.05, 4.69) is 34.6 Å². The number of methoxy groups -OCH3 is 1. The van der Waals surface area contributed by atoms with Crippen LogP contribution in [0.1, 0.15) is 28.4 Å². The number of fused-ring (bicyclic) bond motifs is 2. The van der Waals surface area contributed by atoms with Crippen LogP contribution in [-0.4, -0.2) is 23.6 Å². The van der Waals surface area contributed by atoms with Crippen molar-refractivity contribution in [1.29, 1.82) is 0 Å². The van der Waals surface area contributed by atoms with Crippen molar-refractivity contribution >= 4 is 11.0 Å². The standard InChI is InChI=1S/C25H23N3O2/c1-29-23-13-18-11-12-26-25(22-15-27-20-9-5-6-10-21(20)28-22)19(18)14-24(23)30-16-17-7-3-2-4-8-17/h2-10,13-15,25-26H,11-12,16H2,1H3. The molecule has 1 N–H and O–H groups in total. The highest BCUT2D eigenvalue weighted by molar-refractivity contribution is 5.73. The van der Waals surface area contributed by atoms with Gasteiger partial charge in [-0.2, -0.15) is 0 Å². The van der Waals surface area contributed by atoms with E-state index in [1.807, 2.05) is 48.7 Å². The number of aromatic nitrogens is 2. The van der Waals surface area contributed by atoms with Crippen molar-refractivity contribution in [3.8, 4) is 11.5 Å². The predicted octanol–water partition coefficient (Wildman–Crippen LogP) is 4.45. The second-order valence-corrected chi connectivity index (χ2v) is 7.40. The van der Waals surface area contributed by atoms with E-state index < -0.39 is 0 Å². The van der Waals surface area contributed by atoms with Gasteiger partial charge in [0.25, 0.3) is 0 Å². The van der Waals surface area contributed by atoms with Crippen LogP contribution in [0.4, 0.5) is 0 Å². The lowest BCUT2D eigenvalue weighted by Gasteiger charge is -2.28. The van der Waals surface area contributed by atoms with E-state index in [-0.39, 0.29) is 6.04 Å². The lowest BCUT2D eigenvalue weighted by atomic mass is 9.92. The molecule has 5 rings (SSSR count). The number of hydrogen-bond acceptors (Lipinski definition) is 5. The average Bonchev–Trinajstić information content (AvgIpc) is 2.82. The highest BCUT2D eigenvalue weighted by atomic mass is 16.5. The molecule has 1 unspecified atom stereocenters. The molecule has 4 aromatic rings. The minimum atomic E-state index is -0.0316. The maximum absolute atomic E-state index is 6.15. The molecule has 1 atom stereocenters. The Hall–Kier alpha value is -3.44. The van der Waals surface area contributed by atoms with Gasteiger partial charge in [-0.3, -0.25) is 4.98 Å². The van der Waals surface area contributed by atoms with Gasteiger partial charge in [-0.15, -0.1) is 0 Å². The van der Waals surface area contributed by atoms with Gasteiger partial charge in [-0.25, -0.2) is 4.98 Å². The first-order chi connectivity index (χ1) is 14.8. The summed E-state index contributed by atoms with van der Waals surface area (Å²) in [7, 11) is 1.68. The summed E-state index contributed by atoms with van der Waals surface area (Å²) < 4.78 is 11.8. The third kappa shape index (κ3) is 3.60. The predicted molar refractivity (Wildman–Crippen MR) is 117 cm³/mol. The van der Waals surface area contributed by atoms with Crippen molar-refractivity contribution in [3.63, 3.8) is 0 Å². The maximum atomic E-state index is 6.15. The number of rotatable bonds is 5. The summed E-state index contributed by atoms with van der Waals surface area (Å²) in [6.07, 6.45) is 2.80. The van der Waals surface area contributed by atoms with E-state index in [0.717, 1.165) is 52.3 Å². The summed E-state index contributed by atoms with van der Waals surface area (Å²) >= 11 is 0. The van der Waals surface area contributed by atoms with Crippen LogP contribution in [0.2, 0.25) is 0 Å². The summed E-state index contributed by atoms with van der Waals surface area (Å²) in [4.78, 5) is 9.47. The van der Waals surface area contributed by atoms with Crippen LogP contribution in [0.3, 0.4) is 0 Å². The largest absolute Gasteiger partial charge is 0.493 e. The fourth-order valence-electron chi connectivity index (χ4n) is 3.95. The Balaban J connectivity index is 1.51. The van der Waals surface area contributed by atoms with E-state index in [4.69, 9.17) is 14.5 Å². The first-order valence-corrected chi connectivity index (χ1v) is 10.1. The zero-order valence-electron chi connectivity index (χ0n) is 16.8. The first kappa shape index (κ1) is 18.6. The van der Waals surface area contributed by atoms with Crippen LogP contribution in [-0.2, 0) is 13.0 Å². The van der Waals surface area contributed by atoms with Gasteiger partial charge in [-0.1, -0.05) is 42.5 Å². The maximum Gasteiger partial charge on any atom is 0.162 e. The van der Waals surface area contributed by atoms with Gasteiger partial charge >= 0.3 is 0 Å².